The molecule has 3 heterocycles. The van der Waals surface area contributed by atoms with Gasteiger partial charge in [-0.15, -0.1) is 0 Å². The molecule has 34 heavy (non-hydrogen) atoms. The van der Waals surface area contributed by atoms with Gasteiger partial charge in [-0.3, -0.25) is 9.59 Å². The lowest BCUT2D eigenvalue weighted by molar-refractivity contribution is -0.119. The second kappa shape index (κ2) is 11.0. The first-order valence-corrected chi connectivity index (χ1v) is 12.0. The SMILES string of the molecule is CC(=O)N[C@H]1CNC[C@@H](N(CC(C)C)C(=O)c2cnc(C(C)(C)C)nc2NCc2ccco2)C1. The van der Waals surface area contributed by atoms with Crippen molar-refractivity contribution in [2.45, 2.75) is 72.0 Å². The summed E-state index contributed by atoms with van der Waals surface area (Å²) in [7, 11) is 0. The first-order chi connectivity index (χ1) is 16.0. The molecule has 0 spiro atoms. The molecule has 2 aromatic heterocycles. The van der Waals surface area contributed by atoms with Crippen LogP contribution in [0.25, 0.3) is 0 Å². The molecule has 0 bridgehead atoms. The van der Waals surface area contributed by atoms with E-state index in [0.717, 1.165) is 5.76 Å². The van der Waals surface area contributed by atoms with Crippen LogP contribution in [0.15, 0.2) is 29.0 Å². The number of piperidine rings is 1. The molecule has 0 unspecified atom stereocenters. The minimum Gasteiger partial charge on any atom is -0.467 e. The molecule has 186 valence electrons. The summed E-state index contributed by atoms with van der Waals surface area (Å²) in [5, 5.41) is 9.64. The Morgan fingerprint density at radius 2 is 2.06 bits per heavy atom. The summed E-state index contributed by atoms with van der Waals surface area (Å²) in [6.07, 6.45) is 3.95. The van der Waals surface area contributed by atoms with Gasteiger partial charge < -0.3 is 25.3 Å². The van der Waals surface area contributed by atoms with Crippen LogP contribution in [-0.4, -0.2) is 58.4 Å². The van der Waals surface area contributed by atoms with Crippen LogP contribution in [-0.2, 0) is 16.8 Å². The van der Waals surface area contributed by atoms with Crippen molar-refractivity contribution in [2.24, 2.45) is 5.92 Å². The predicted octanol–water partition coefficient (Wildman–Crippen LogP) is 2.94. The van der Waals surface area contributed by atoms with Crippen LogP contribution in [0.1, 0.15) is 69.9 Å². The third kappa shape index (κ3) is 6.79. The van der Waals surface area contributed by atoms with Crippen molar-refractivity contribution < 1.29 is 14.0 Å². The smallest absolute Gasteiger partial charge is 0.259 e. The van der Waals surface area contributed by atoms with E-state index in [4.69, 9.17) is 9.40 Å². The Balaban J connectivity index is 1.91. The number of hydrogen-bond donors (Lipinski definition) is 3. The van der Waals surface area contributed by atoms with Crippen molar-refractivity contribution in [2.75, 3.05) is 25.0 Å². The van der Waals surface area contributed by atoms with Gasteiger partial charge in [0.05, 0.1) is 12.8 Å². The van der Waals surface area contributed by atoms with Crippen LogP contribution < -0.4 is 16.0 Å². The van der Waals surface area contributed by atoms with Gasteiger partial charge in [-0.25, -0.2) is 9.97 Å². The molecule has 2 atom stereocenters. The standard InChI is InChI=1S/C25H38N6O3/c1-16(2)15-31(19-10-18(11-26-12-19)29-17(3)32)23(33)21-14-28-24(25(4,5)6)30-22(21)27-13-20-8-7-9-34-20/h7-9,14,16,18-19,26H,10-13,15H2,1-6H3,(H,29,32)(H,27,28,30)/t18-,19+/m1/s1. The van der Waals surface area contributed by atoms with Gasteiger partial charge in [-0.05, 0) is 24.5 Å². The van der Waals surface area contributed by atoms with Gasteiger partial charge >= 0.3 is 0 Å². The Morgan fingerprint density at radius 3 is 2.68 bits per heavy atom. The Hall–Kier alpha value is -2.94. The van der Waals surface area contributed by atoms with Crippen LogP contribution in [0.3, 0.4) is 0 Å². The minimum absolute atomic E-state index is 0.0187. The number of aromatic nitrogens is 2. The molecule has 1 fully saturated rings. The molecule has 0 aliphatic carbocycles. The van der Waals surface area contributed by atoms with Gasteiger partial charge in [-0.1, -0.05) is 34.6 Å². The van der Waals surface area contributed by atoms with E-state index in [0.29, 0.717) is 49.8 Å². The Morgan fingerprint density at radius 1 is 1.29 bits per heavy atom. The summed E-state index contributed by atoms with van der Waals surface area (Å²) in [6, 6.07) is 3.63. The van der Waals surface area contributed by atoms with E-state index >= 15 is 0 Å². The quantitative estimate of drug-likeness (QED) is 0.544. The first-order valence-electron chi connectivity index (χ1n) is 12.0. The highest BCUT2D eigenvalue weighted by molar-refractivity contribution is 5.98. The number of carbonyl (C=O) groups excluding carboxylic acids is 2. The van der Waals surface area contributed by atoms with Crippen LogP contribution in [0.2, 0.25) is 0 Å². The number of carbonyl (C=O) groups is 2. The molecule has 0 saturated carbocycles. The largest absolute Gasteiger partial charge is 0.467 e. The fraction of sp³-hybridized carbons (Fsp3) is 0.600. The number of nitrogens with one attached hydrogen (secondary N) is 3. The zero-order valence-electron chi connectivity index (χ0n) is 21.1. The third-order valence-electron chi connectivity index (χ3n) is 5.70. The number of rotatable bonds is 8. The summed E-state index contributed by atoms with van der Waals surface area (Å²) >= 11 is 0. The molecule has 0 aromatic carbocycles. The van der Waals surface area contributed by atoms with Crippen LogP contribution in [0.4, 0.5) is 5.82 Å². The normalized spacial score (nSPS) is 18.6. The van der Waals surface area contributed by atoms with Crippen molar-refractivity contribution >= 4 is 17.6 Å². The van der Waals surface area contributed by atoms with E-state index in [-0.39, 0.29) is 35.2 Å². The number of amides is 2. The Labute approximate surface area is 202 Å². The van der Waals surface area contributed by atoms with Gasteiger partial charge in [0.2, 0.25) is 5.91 Å². The van der Waals surface area contributed by atoms with E-state index in [9.17, 15) is 9.59 Å². The van der Waals surface area contributed by atoms with Gasteiger partial charge in [0.1, 0.15) is 23.0 Å². The molecule has 2 aromatic rings. The maximum absolute atomic E-state index is 13.9. The monoisotopic (exact) mass is 470 g/mol. The Kier molecular flexibility index (Phi) is 8.30. The van der Waals surface area contributed by atoms with Gasteiger partial charge in [0.15, 0.2) is 0 Å². The molecule has 0 radical (unpaired) electrons. The van der Waals surface area contributed by atoms with Crippen LogP contribution in [0.5, 0.6) is 0 Å². The highest BCUT2D eigenvalue weighted by Crippen LogP contribution is 2.25. The van der Waals surface area contributed by atoms with E-state index < -0.39 is 0 Å². The molecular weight excluding hydrogens is 432 g/mol. The topological polar surface area (TPSA) is 112 Å². The molecule has 9 heteroatoms. The summed E-state index contributed by atoms with van der Waals surface area (Å²) in [4.78, 5) is 36.7. The minimum atomic E-state index is -0.265. The molecule has 2 amide bonds. The molecular formula is C25H38N6O3. The van der Waals surface area contributed by atoms with E-state index in [1.54, 1.807) is 12.5 Å². The molecule has 3 rings (SSSR count). The highest BCUT2D eigenvalue weighted by Gasteiger charge is 2.33. The van der Waals surface area contributed by atoms with Crippen LogP contribution >= 0.6 is 0 Å². The van der Waals surface area contributed by atoms with Gasteiger partial charge in [-0.2, -0.15) is 0 Å². The molecule has 3 N–H and O–H groups in total. The second-order valence-corrected chi connectivity index (χ2v) is 10.4. The number of hydrogen-bond acceptors (Lipinski definition) is 7. The first kappa shape index (κ1) is 25.7. The lowest BCUT2D eigenvalue weighted by Crippen LogP contribution is -2.57. The second-order valence-electron chi connectivity index (χ2n) is 10.4. The summed E-state index contributed by atoms with van der Waals surface area (Å²) in [5.41, 5.74) is 0.168. The van der Waals surface area contributed by atoms with Crippen molar-refractivity contribution in [3.8, 4) is 0 Å². The molecule has 1 aliphatic rings. The summed E-state index contributed by atoms with van der Waals surface area (Å²) in [6.45, 7) is 14.2. The van der Waals surface area contributed by atoms with E-state index in [1.807, 2.05) is 37.8 Å². The van der Waals surface area contributed by atoms with Crippen molar-refractivity contribution in [1.82, 2.24) is 25.5 Å². The zero-order chi connectivity index (χ0) is 24.9. The predicted molar refractivity (Wildman–Crippen MR) is 132 cm³/mol. The number of furan rings is 1. The maximum atomic E-state index is 13.9. The average Bonchev–Trinajstić information content (AvgIpc) is 3.28. The lowest BCUT2D eigenvalue weighted by Gasteiger charge is -2.39. The third-order valence-corrected chi connectivity index (χ3v) is 5.70. The number of anilines is 1. The average molecular weight is 471 g/mol. The molecule has 1 aliphatic heterocycles. The molecule has 9 nitrogen and oxygen atoms in total. The highest BCUT2D eigenvalue weighted by atomic mass is 16.3. The van der Waals surface area contributed by atoms with E-state index in [2.05, 4.69) is 34.8 Å². The zero-order valence-corrected chi connectivity index (χ0v) is 21.1. The van der Waals surface area contributed by atoms with Gasteiger partial charge in [0.25, 0.3) is 5.91 Å². The lowest BCUT2D eigenvalue weighted by atomic mass is 9.95. The van der Waals surface area contributed by atoms with Crippen LogP contribution in [0, 0.1) is 5.92 Å². The fourth-order valence-corrected chi connectivity index (χ4v) is 4.12. The molecule has 1 saturated heterocycles. The van der Waals surface area contributed by atoms with Crippen molar-refractivity contribution in [1.29, 1.82) is 0 Å². The van der Waals surface area contributed by atoms with Gasteiger partial charge in [0, 0.05) is 50.3 Å². The fourth-order valence-electron chi connectivity index (χ4n) is 4.12. The van der Waals surface area contributed by atoms with Crippen molar-refractivity contribution in [3.63, 3.8) is 0 Å². The summed E-state index contributed by atoms with van der Waals surface area (Å²) in [5.74, 6) is 2.00. The maximum Gasteiger partial charge on any atom is 0.259 e. The summed E-state index contributed by atoms with van der Waals surface area (Å²) < 4.78 is 5.45. The Bertz CT molecular complexity index is 968. The number of nitrogens with zero attached hydrogens (tertiary/aromatic N) is 3. The van der Waals surface area contributed by atoms with Crippen molar-refractivity contribution in [3.05, 3.63) is 41.7 Å². The van der Waals surface area contributed by atoms with E-state index in [1.165, 1.54) is 6.92 Å².